The minimum absolute atomic E-state index is 0.0280. The maximum Gasteiger partial charge on any atom is 0.225 e. The molecule has 1 aromatic heterocycles. The number of nitrogens with two attached hydrogens (primary N) is 1. The van der Waals surface area contributed by atoms with Crippen LogP contribution in [0.4, 0.5) is 11.5 Å². The number of hydrogen-bond donors (Lipinski definition) is 1. The molecule has 2 heterocycles. The van der Waals surface area contributed by atoms with Crippen molar-refractivity contribution in [3.63, 3.8) is 0 Å². The summed E-state index contributed by atoms with van der Waals surface area (Å²) in [4.78, 5) is 21.4. The van der Waals surface area contributed by atoms with E-state index in [1.54, 1.807) is 7.11 Å². The zero-order chi connectivity index (χ0) is 23.4. The lowest BCUT2D eigenvalue weighted by Crippen LogP contribution is -2.54. The summed E-state index contributed by atoms with van der Waals surface area (Å²) in [6.07, 6.45) is 2.53. The average molecular weight is 450 g/mol. The minimum atomic E-state index is 0.0280. The number of methoxy groups -OCH3 is 1. The third kappa shape index (κ3) is 5.37. The van der Waals surface area contributed by atoms with E-state index in [9.17, 15) is 10.1 Å². The number of carbonyl (C=O) groups excluding carboxylic acids is 1. The van der Waals surface area contributed by atoms with Gasteiger partial charge in [0.2, 0.25) is 5.91 Å². The average Bonchev–Trinajstić information content (AvgIpc) is 3.66. The van der Waals surface area contributed by atoms with Crippen LogP contribution in [-0.4, -0.2) is 55.2 Å². The molecule has 8 nitrogen and oxygen atoms in total. The number of ether oxygens (including phenoxy) is 2. The number of nitriles is 1. The normalized spacial score (nSPS) is 18.2. The third-order valence-electron chi connectivity index (χ3n) is 6.19. The number of pyridine rings is 1. The molecule has 1 amide bonds. The first-order valence-electron chi connectivity index (χ1n) is 11.5. The van der Waals surface area contributed by atoms with Gasteiger partial charge >= 0.3 is 0 Å². The molecule has 33 heavy (non-hydrogen) atoms. The Balaban J connectivity index is 1.53. The summed E-state index contributed by atoms with van der Waals surface area (Å²) in [5.74, 6) is 1.82. The van der Waals surface area contributed by atoms with Gasteiger partial charge in [-0.05, 0) is 37.5 Å². The number of aromatic nitrogens is 1. The van der Waals surface area contributed by atoms with E-state index in [4.69, 9.17) is 20.2 Å². The van der Waals surface area contributed by atoms with Gasteiger partial charge in [0, 0.05) is 50.5 Å². The first-order valence-corrected chi connectivity index (χ1v) is 11.5. The molecule has 2 fully saturated rings. The van der Waals surface area contributed by atoms with Gasteiger partial charge < -0.3 is 25.0 Å². The summed E-state index contributed by atoms with van der Waals surface area (Å²) in [6, 6.07) is 11.8. The molecule has 174 valence electrons. The molecule has 8 heteroatoms. The standard InChI is InChI=1S/C25H31N5O3/c1-17-15-29(9-10-30(17)23(31)8-11-32-2)25-20(14-26)13-22(24(28-25)19-6-7-19)33-16-18-4-3-5-21(27)12-18/h3-5,12-13,17,19H,6-11,15-16,27H2,1-2H3. The van der Waals surface area contributed by atoms with Gasteiger partial charge in [0.05, 0.1) is 24.3 Å². The number of carbonyl (C=O) groups is 1. The first kappa shape index (κ1) is 22.9. The van der Waals surface area contributed by atoms with E-state index >= 15 is 0 Å². The Morgan fingerprint density at radius 1 is 1.30 bits per heavy atom. The minimum Gasteiger partial charge on any atom is -0.487 e. The van der Waals surface area contributed by atoms with Crippen molar-refractivity contribution in [2.45, 2.75) is 44.8 Å². The van der Waals surface area contributed by atoms with Crippen LogP contribution in [-0.2, 0) is 16.1 Å². The molecular formula is C25H31N5O3. The van der Waals surface area contributed by atoms with Gasteiger partial charge in [-0.15, -0.1) is 0 Å². The summed E-state index contributed by atoms with van der Waals surface area (Å²) in [5.41, 5.74) is 8.96. The highest BCUT2D eigenvalue weighted by molar-refractivity contribution is 5.77. The van der Waals surface area contributed by atoms with Crippen LogP contribution in [0, 0.1) is 11.3 Å². The Morgan fingerprint density at radius 2 is 2.12 bits per heavy atom. The van der Waals surface area contributed by atoms with Gasteiger partial charge in [-0.25, -0.2) is 4.98 Å². The smallest absolute Gasteiger partial charge is 0.225 e. The Bertz CT molecular complexity index is 1050. The first-order chi connectivity index (χ1) is 16.0. The lowest BCUT2D eigenvalue weighted by Gasteiger charge is -2.40. The van der Waals surface area contributed by atoms with Crippen molar-refractivity contribution in [2.24, 2.45) is 0 Å². The molecule has 2 N–H and O–H groups in total. The number of anilines is 2. The molecular weight excluding hydrogens is 418 g/mol. The molecule has 0 spiro atoms. The summed E-state index contributed by atoms with van der Waals surface area (Å²) in [7, 11) is 1.60. The van der Waals surface area contributed by atoms with Crippen LogP contribution < -0.4 is 15.4 Å². The summed E-state index contributed by atoms with van der Waals surface area (Å²) in [6.45, 7) is 4.70. The predicted molar refractivity (Wildman–Crippen MR) is 126 cm³/mol. The lowest BCUT2D eigenvalue weighted by molar-refractivity contribution is -0.134. The third-order valence-corrected chi connectivity index (χ3v) is 6.19. The number of nitrogen functional groups attached to an aromatic ring is 1. The molecule has 1 saturated heterocycles. The topological polar surface area (TPSA) is 105 Å². The Hall–Kier alpha value is -3.31. The summed E-state index contributed by atoms with van der Waals surface area (Å²) >= 11 is 0. The second-order valence-electron chi connectivity index (χ2n) is 8.79. The molecule has 1 saturated carbocycles. The largest absolute Gasteiger partial charge is 0.487 e. The van der Waals surface area contributed by atoms with Gasteiger partial charge in [0.1, 0.15) is 24.2 Å². The summed E-state index contributed by atoms with van der Waals surface area (Å²) in [5, 5.41) is 9.88. The lowest BCUT2D eigenvalue weighted by atomic mass is 10.1. The van der Waals surface area contributed by atoms with Crippen molar-refractivity contribution in [2.75, 3.05) is 44.0 Å². The summed E-state index contributed by atoms with van der Waals surface area (Å²) < 4.78 is 11.2. The maximum atomic E-state index is 12.5. The number of amides is 1. The van der Waals surface area contributed by atoms with Crippen molar-refractivity contribution in [1.82, 2.24) is 9.88 Å². The van der Waals surface area contributed by atoms with Crippen LogP contribution in [0.2, 0.25) is 0 Å². The van der Waals surface area contributed by atoms with Gasteiger partial charge in [-0.3, -0.25) is 4.79 Å². The molecule has 4 rings (SSSR count). The molecule has 1 aromatic carbocycles. The van der Waals surface area contributed by atoms with Crippen LogP contribution in [0.5, 0.6) is 5.75 Å². The molecule has 0 bridgehead atoms. The number of nitrogens with zero attached hydrogens (tertiary/aromatic N) is 4. The van der Waals surface area contributed by atoms with E-state index in [2.05, 4.69) is 11.0 Å². The van der Waals surface area contributed by atoms with E-state index in [0.717, 1.165) is 24.1 Å². The number of rotatable bonds is 8. The van der Waals surface area contributed by atoms with Crippen molar-refractivity contribution in [3.05, 3.63) is 47.2 Å². The maximum absolute atomic E-state index is 12.5. The second kappa shape index (κ2) is 10.1. The zero-order valence-electron chi connectivity index (χ0n) is 19.3. The van der Waals surface area contributed by atoms with E-state index in [0.29, 0.717) is 68.0 Å². The fourth-order valence-electron chi connectivity index (χ4n) is 4.28. The van der Waals surface area contributed by atoms with Gasteiger partial charge in [-0.1, -0.05) is 12.1 Å². The quantitative estimate of drug-likeness (QED) is 0.618. The van der Waals surface area contributed by atoms with Crippen molar-refractivity contribution < 1.29 is 14.3 Å². The van der Waals surface area contributed by atoms with Gasteiger partial charge in [-0.2, -0.15) is 5.26 Å². The molecule has 1 aliphatic carbocycles. The molecule has 2 aliphatic rings. The zero-order valence-corrected chi connectivity index (χ0v) is 19.3. The molecule has 1 unspecified atom stereocenters. The molecule has 1 atom stereocenters. The van der Waals surface area contributed by atoms with Crippen molar-refractivity contribution in [1.29, 1.82) is 5.26 Å². The Morgan fingerprint density at radius 3 is 2.79 bits per heavy atom. The second-order valence-corrected chi connectivity index (χ2v) is 8.79. The fourth-order valence-corrected chi connectivity index (χ4v) is 4.28. The van der Waals surface area contributed by atoms with Crippen LogP contribution >= 0.6 is 0 Å². The SMILES string of the molecule is COCCC(=O)N1CCN(c2nc(C3CC3)c(OCc3cccc(N)c3)cc2C#N)CC1C. The van der Waals surface area contributed by atoms with Crippen LogP contribution in [0.1, 0.15) is 48.9 Å². The number of hydrogen-bond acceptors (Lipinski definition) is 7. The van der Waals surface area contributed by atoms with E-state index in [-0.39, 0.29) is 11.9 Å². The van der Waals surface area contributed by atoms with E-state index < -0.39 is 0 Å². The van der Waals surface area contributed by atoms with Crippen molar-refractivity contribution in [3.8, 4) is 11.8 Å². The van der Waals surface area contributed by atoms with Crippen LogP contribution in [0.15, 0.2) is 30.3 Å². The molecule has 2 aromatic rings. The molecule has 0 radical (unpaired) electrons. The highest BCUT2D eigenvalue weighted by Gasteiger charge is 2.33. The van der Waals surface area contributed by atoms with E-state index in [1.807, 2.05) is 42.2 Å². The van der Waals surface area contributed by atoms with Gasteiger partial charge in [0.25, 0.3) is 0 Å². The highest BCUT2D eigenvalue weighted by Crippen LogP contribution is 2.45. The van der Waals surface area contributed by atoms with E-state index in [1.165, 1.54) is 0 Å². The van der Waals surface area contributed by atoms with Crippen molar-refractivity contribution >= 4 is 17.4 Å². The van der Waals surface area contributed by atoms with Crippen LogP contribution in [0.25, 0.3) is 0 Å². The fraction of sp³-hybridized carbons (Fsp3) is 0.480. The monoisotopic (exact) mass is 449 g/mol. The van der Waals surface area contributed by atoms with Gasteiger partial charge in [0.15, 0.2) is 0 Å². The Kier molecular flexibility index (Phi) is 6.99. The number of benzene rings is 1. The Labute approximate surface area is 194 Å². The highest BCUT2D eigenvalue weighted by atomic mass is 16.5. The predicted octanol–water partition coefficient (Wildman–Crippen LogP) is 3.07. The molecule has 1 aliphatic heterocycles. The number of piperazine rings is 1. The van der Waals surface area contributed by atoms with Crippen LogP contribution in [0.3, 0.4) is 0 Å².